The first-order valence-electron chi connectivity index (χ1n) is 9.59. The van der Waals surface area contributed by atoms with E-state index >= 15 is 0 Å². The molecule has 1 aliphatic carbocycles. The first-order valence-corrected chi connectivity index (χ1v) is 9.59. The Morgan fingerprint density at radius 3 is 2.26 bits per heavy atom. The molecule has 0 radical (unpaired) electrons. The summed E-state index contributed by atoms with van der Waals surface area (Å²) in [4.78, 5) is 25.7. The minimum Gasteiger partial charge on any atom is -0.351 e. The van der Waals surface area contributed by atoms with Gasteiger partial charge in [0.15, 0.2) is 0 Å². The van der Waals surface area contributed by atoms with E-state index in [0.29, 0.717) is 25.3 Å². The lowest BCUT2D eigenvalue weighted by atomic mass is 9.97. The second-order valence-electron chi connectivity index (χ2n) is 7.84. The summed E-state index contributed by atoms with van der Waals surface area (Å²) in [5, 5.41) is 6.02. The van der Waals surface area contributed by atoms with Crippen molar-refractivity contribution >= 4 is 17.5 Å². The highest BCUT2D eigenvalue weighted by atomic mass is 16.2. The smallest absolute Gasteiger partial charge is 0.240 e. The molecule has 0 unspecified atom stereocenters. The number of carbonyl (C=O) groups is 2. The maximum absolute atomic E-state index is 13.0. The van der Waals surface area contributed by atoms with Gasteiger partial charge in [0, 0.05) is 12.2 Å². The molecule has 27 heavy (non-hydrogen) atoms. The van der Waals surface area contributed by atoms with E-state index in [0.717, 1.165) is 27.9 Å². The molecule has 1 saturated carbocycles. The van der Waals surface area contributed by atoms with Crippen LogP contribution in [0.5, 0.6) is 0 Å². The molecular formula is C23H28N2O2. The van der Waals surface area contributed by atoms with Crippen molar-refractivity contribution in [3.8, 4) is 0 Å². The van der Waals surface area contributed by atoms with Crippen molar-refractivity contribution in [3.63, 3.8) is 0 Å². The zero-order valence-corrected chi connectivity index (χ0v) is 16.6. The number of aryl methyl sites for hydroxylation is 2. The Balaban J connectivity index is 1.72. The van der Waals surface area contributed by atoms with Gasteiger partial charge < -0.3 is 10.6 Å². The standard InChI is InChI=1S/C23H28N2O2/c1-15(2)19-11-7-9-17(4)20(19)25-22(27)23(12-13-23)21(26)24-14-18-10-6-5-8-16(18)3/h5-11,15H,12-14H2,1-4H3,(H,24,26)(H,25,27). The number of amides is 2. The number of nitrogens with one attached hydrogen (secondary N) is 2. The number of rotatable bonds is 6. The SMILES string of the molecule is Cc1ccccc1CNC(=O)C1(C(=O)Nc2c(C)cccc2C(C)C)CC1. The van der Waals surface area contributed by atoms with Gasteiger partial charge in [0.1, 0.15) is 5.41 Å². The molecule has 2 amide bonds. The van der Waals surface area contributed by atoms with E-state index < -0.39 is 5.41 Å². The quantitative estimate of drug-likeness (QED) is 0.744. The van der Waals surface area contributed by atoms with Crippen molar-refractivity contribution in [1.29, 1.82) is 0 Å². The van der Waals surface area contributed by atoms with Crippen LogP contribution in [0.2, 0.25) is 0 Å². The Hall–Kier alpha value is -2.62. The third-order valence-corrected chi connectivity index (χ3v) is 5.49. The van der Waals surface area contributed by atoms with Crippen LogP contribution >= 0.6 is 0 Å². The molecule has 2 aromatic carbocycles. The molecule has 0 bridgehead atoms. The van der Waals surface area contributed by atoms with E-state index in [1.165, 1.54) is 0 Å². The minimum absolute atomic E-state index is 0.178. The maximum Gasteiger partial charge on any atom is 0.240 e. The van der Waals surface area contributed by atoms with Crippen LogP contribution in [0, 0.1) is 19.3 Å². The topological polar surface area (TPSA) is 58.2 Å². The first-order chi connectivity index (χ1) is 12.8. The molecule has 4 nitrogen and oxygen atoms in total. The number of benzene rings is 2. The second-order valence-corrected chi connectivity index (χ2v) is 7.84. The summed E-state index contributed by atoms with van der Waals surface area (Å²) in [5.41, 5.74) is 4.23. The van der Waals surface area contributed by atoms with E-state index in [1.54, 1.807) is 0 Å². The van der Waals surface area contributed by atoms with Crippen LogP contribution in [0.1, 0.15) is 54.9 Å². The van der Waals surface area contributed by atoms with E-state index in [9.17, 15) is 9.59 Å². The van der Waals surface area contributed by atoms with Crippen molar-refractivity contribution in [1.82, 2.24) is 5.32 Å². The average molecular weight is 364 g/mol. The van der Waals surface area contributed by atoms with Gasteiger partial charge >= 0.3 is 0 Å². The molecule has 0 saturated heterocycles. The lowest BCUT2D eigenvalue weighted by molar-refractivity contribution is -0.134. The molecule has 0 aliphatic heterocycles. The normalized spacial score (nSPS) is 14.7. The second kappa shape index (κ2) is 7.55. The van der Waals surface area contributed by atoms with Crippen molar-refractivity contribution in [2.24, 2.45) is 5.41 Å². The average Bonchev–Trinajstić information content (AvgIpc) is 3.44. The third kappa shape index (κ3) is 3.90. The van der Waals surface area contributed by atoms with E-state index in [4.69, 9.17) is 0 Å². The van der Waals surface area contributed by atoms with Crippen LogP contribution in [-0.4, -0.2) is 11.8 Å². The van der Waals surface area contributed by atoms with Gasteiger partial charge in [-0.1, -0.05) is 56.3 Å². The molecule has 0 heterocycles. The summed E-state index contributed by atoms with van der Waals surface area (Å²) >= 11 is 0. The summed E-state index contributed by atoms with van der Waals surface area (Å²) < 4.78 is 0. The van der Waals surface area contributed by atoms with Gasteiger partial charge in [-0.3, -0.25) is 9.59 Å². The molecule has 1 fully saturated rings. The molecule has 3 rings (SSSR count). The molecule has 142 valence electrons. The Morgan fingerprint density at radius 2 is 1.63 bits per heavy atom. The summed E-state index contributed by atoms with van der Waals surface area (Å²) in [6, 6.07) is 14.0. The minimum atomic E-state index is -0.931. The molecular weight excluding hydrogens is 336 g/mol. The fourth-order valence-corrected chi connectivity index (χ4v) is 3.41. The van der Waals surface area contributed by atoms with Crippen molar-refractivity contribution < 1.29 is 9.59 Å². The van der Waals surface area contributed by atoms with Crippen LogP contribution in [-0.2, 0) is 16.1 Å². The Labute approximate surface area is 161 Å². The number of hydrogen-bond donors (Lipinski definition) is 2. The molecule has 0 atom stereocenters. The van der Waals surface area contributed by atoms with Gasteiger partial charge in [-0.25, -0.2) is 0 Å². The summed E-state index contributed by atoms with van der Waals surface area (Å²) in [5.74, 6) is -0.0749. The summed E-state index contributed by atoms with van der Waals surface area (Å²) in [6.07, 6.45) is 1.20. The van der Waals surface area contributed by atoms with E-state index in [1.807, 2.05) is 56.3 Å². The highest BCUT2D eigenvalue weighted by molar-refractivity contribution is 6.13. The van der Waals surface area contributed by atoms with E-state index in [2.05, 4.69) is 24.5 Å². The maximum atomic E-state index is 13.0. The van der Waals surface area contributed by atoms with Crippen LogP contribution in [0.25, 0.3) is 0 Å². The third-order valence-electron chi connectivity index (χ3n) is 5.49. The van der Waals surface area contributed by atoms with Gasteiger partial charge in [0.05, 0.1) is 0 Å². The number of anilines is 1. The van der Waals surface area contributed by atoms with Gasteiger partial charge in [0.25, 0.3) is 0 Å². The number of para-hydroxylation sites is 1. The van der Waals surface area contributed by atoms with Gasteiger partial charge in [-0.15, -0.1) is 0 Å². The zero-order chi connectivity index (χ0) is 19.6. The van der Waals surface area contributed by atoms with Crippen molar-refractivity contribution in [2.45, 2.75) is 53.0 Å². The molecule has 2 aromatic rings. The van der Waals surface area contributed by atoms with Gasteiger partial charge in [0.2, 0.25) is 11.8 Å². The fourth-order valence-electron chi connectivity index (χ4n) is 3.41. The Morgan fingerprint density at radius 1 is 0.963 bits per heavy atom. The van der Waals surface area contributed by atoms with Gasteiger partial charge in [-0.05, 0) is 54.9 Å². The first kappa shape index (κ1) is 19.2. The van der Waals surface area contributed by atoms with E-state index in [-0.39, 0.29) is 11.8 Å². The zero-order valence-electron chi connectivity index (χ0n) is 16.6. The largest absolute Gasteiger partial charge is 0.351 e. The molecule has 2 N–H and O–H groups in total. The van der Waals surface area contributed by atoms with Gasteiger partial charge in [-0.2, -0.15) is 0 Å². The highest BCUT2D eigenvalue weighted by Crippen LogP contribution is 2.47. The highest BCUT2D eigenvalue weighted by Gasteiger charge is 2.56. The molecule has 0 aromatic heterocycles. The number of carbonyl (C=O) groups excluding carboxylic acids is 2. The lowest BCUT2D eigenvalue weighted by Gasteiger charge is -2.20. The van der Waals surface area contributed by atoms with Crippen LogP contribution in [0.15, 0.2) is 42.5 Å². The molecule has 1 aliphatic rings. The predicted octanol–water partition coefficient (Wildman–Crippen LogP) is 4.46. The molecule has 4 heteroatoms. The van der Waals surface area contributed by atoms with Crippen LogP contribution in [0.4, 0.5) is 5.69 Å². The summed E-state index contributed by atoms with van der Waals surface area (Å²) in [6.45, 7) is 8.66. The summed E-state index contributed by atoms with van der Waals surface area (Å²) in [7, 11) is 0. The van der Waals surface area contributed by atoms with Crippen LogP contribution in [0.3, 0.4) is 0 Å². The lowest BCUT2D eigenvalue weighted by Crippen LogP contribution is -2.40. The predicted molar refractivity (Wildman–Crippen MR) is 109 cm³/mol. The van der Waals surface area contributed by atoms with Crippen molar-refractivity contribution in [2.75, 3.05) is 5.32 Å². The molecule has 0 spiro atoms. The van der Waals surface area contributed by atoms with Crippen LogP contribution < -0.4 is 10.6 Å². The van der Waals surface area contributed by atoms with Crippen molar-refractivity contribution in [3.05, 3.63) is 64.7 Å². The number of hydrogen-bond acceptors (Lipinski definition) is 2. The fraction of sp³-hybridized carbons (Fsp3) is 0.391. The Bertz CT molecular complexity index is 866. The monoisotopic (exact) mass is 364 g/mol. The Kier molecular flexibility index (Phi) is 5.36.